The lowest BCUT2D eigenvalue weighted by atomic mass is 9.97. The summed E-state index contributed by atoms with van der Waals surface area (Å²) in [7, 11) is 1.39. The van der Waals surface area contributed by atoms with Crippen molar-refractivity contribution < 1.29 is 14.4 Å². The Balaban J connectivity index is 2.06. The monoisotopic (exact) mass is 169 g/mol. The van der Waals surface area contributed by atoms with E-state index in [4.69, 9.17) is 4.84 Å². The van der Waals surface area contributed by atoms with Crippen molar-refractivity contribution in [2.24, 2.45) is 5.92 Å². The van der Waals surface area contributed by atoms with E-state index < -0.39 is 0 Å². The van der Waals surface area contributed by atoms with Gasteiger partial charge in [0.15, 0.2) is 0 Å². The van der Waals surface area contributed by atoms with Gasteiger partial charge in [0.1, 0.15) is 12.1 Å². The number of esters is 1. The first-order valence-corrected chi connectivity index (χ1v) is 3.98. The zero-order chi connectivity index (χ0) is 8.55. The summed E-state index contributed by atoms with van der Waals surface area (Å²) in [6, 6.07) is -0.296. The van der Waals surface area contributed by atoms with Crippen LogP contribution in [0.3, 0.4) is 0 Å². The Morgan fingerprint density at radius 2 is 2.58 bits per heavy atom. The normalized spacial score (nSPS) is 38.2. The van der Waals surface area contributed by atoms with Crippen molar-refractivity contribution in [3.8, 4) is 0 Å². The Morgan fingerprint density at radius 3 is 3.33 bits per heavy atom. The van der Waals surface area contributed by atoms with Gasteiger partial charge in [-0.2, -0.15) is 5.48 Å². The van der Waals surface area contributed by atoms with Gasteiger partial charge < -0.3 is 4.74 Å². The fourth-order valence-corrected chi connectivity index (χ4v) is 1.69. The van der Waals surface area contributed by atoms with Crippen LogP contribution in [0, 0.1) is 5.92 Å². The van der Waals surface area contributed by atoms with Gasteiger partial charge in [-0.15, -0.1) is 0 Å². The van der Waals surface area contributed by atoms with Crippen LogP contribution in [0.5, 0.6) is 0 Å². The molecule has 3 atom stereocenters. The topological polar surface area (TPSA) is 47.6 Å². The highest BCUT2D eigenvalue weighted by Gasteiger charge is 2.42. The maximum atomic E-state index is 11.2. The lowest BCUT2D eigenvalue weighted by Gasteiger charge is -2.11. The summed E-state index contributed by atoms with van der Waals surface area (Å²) < 4.78 is 4.63. The number of ether oxygens (including phenoxy) is 1. The van der Waals surface area contributed by atoms with Crippen molar-refractivity contribution in [1.82, 2.24) is 5.48 Å². The SMILES string of the molecule is COC(=O)[C@@H]1NO[C@@H]2C=CC[C@@H]21. The van der Waals surface area contributed by atoms with Gasteiger partial charge in [0.2, 0.25) is 0 Å². The van der Waals surface area contributed by atoms with Crippen molar-refractivity contribution in [2.45, 2.75) is 18.6 Å². The van der Waals surface area contributed by atoms with Gasteiger partial charge >= 0.3 is 5.97 Å². The predicted molar refractivity (Wildman–Crippen MR) is 41.1 cm³/mol. The summed E-state index contributed by atoms with van der Waals surface area (Å²) in [6.07, 6.45) is 4.94. The first-order chi connectivity index (χ1) is 5.83. The van der Waals surface area contributed by atoms with E-state index in [1.54, 1.807) is 0 Å². The molecule has 1 aliphatic heterocycles. The molecule has 1 aliphatic carbocycles. The molecule has 4 nitrogen and oxygen atoms in total. The molecule has 1 fully saturated rings. The molecular formula is C8H11NO3. The smallest absolute Gasteiger partial charge is 0.325 e. The van der Waals surface area contributed by atoms with E-state index in [1.807, 2.05) is 12.2 Å². The van der Waals surface area contributed by atoms with Crippen LogP contribution in [0.1, 0.15) is 6.42 Å². The van der Waals surface area contributed by atoms with E-state index in [0.29, 0.717) is 0 Å². The number of carbonyl (C=O) groups is 1. The molecule has 0 bridgehead atoms. The van der Waals surface area contributed by atoms with E-state index in [-0.39, 0.29) is 24.0 Å². The highest BCUT2D eigenvalue weighted by molar-refractivity contribution is 5.76. The number of nitrogens with one attached hydrogen (secondary N) is 1. The van der Waals surface area contributed by atoms with Crippen molar-refractivity contribution in [3.05, 3.63) is 12.2 Å². The van der Waals surface area contributed by atoms with Gasteiger partial charge in [0.25, 0.3) is 0 Å². The van der Waals surface area contributed by atoms with E-state index in [0.717, 1.165) is 6.42 Å². The predicted octanol–water partition coefficient (Wildman–Crippen LogP) is 0.00750. The third kappa shape index (κ3) is 1.04. The fraction of sp³-hybridized carbons (Fsp3) is 0.625. The third-order valence-corrected chi connectivity index (χ3v) is 2.37. The quantitative estimate of drug-likeness (QED) is 0.443. The van der Waals surface area contributed by atoms with Crippen LogP contribution in [0.2, 0.25) is 0 Å². The summed E-state index contributed by atoms with van der Waals surface area (Å²) in [6.45, 7) is 0. The molecule has 0 radical (unpaired) electrons. The van der Waals surface area contributed by atoms with E-state index in [2.05, 4.69) is 10.2 Å². The van der Waals surface area contributed by atoms with Crippen LogP contribution in [0.15, 0.2) is 12.2 Å². The second-order valence-electron chi connectivity index (χ2n) is 3.03. The number of methoxy groups -OCH3 is 1. The van der Waals surface area contributed by atoms with Gasteiger partial charge in [-0.1, -0.05) is 12.2 Å². The molecule has 1 saturated heterocycles. The fourth-order valence-electron chi connectivity index (χ4n) is 1.69. The van der Waals surface area contributed by atoms with Crippen molar-refractivity contribution >= 4 is 5.97 Å². The Hall–Kier alpha value is -0.870. The molecule has 2 aliphatic rings. The van der Waals surface area contributed by atoms with Crippen molar-refractivity contribution in [2.75, 3.05) is 7.11 Å². The van der Waals surface area contributed by atoms with E-state index in [9.17, 15) is 4.79 Å². The molecule has 66 valence electrons. The number of rotatable bonds is 1. The summed E-state index contributed by atoms with van der Waals surface area (Å²) in [5, 5.41) is 0. The average molecular weight is 169 g/mol. The molecule has 0 spiro atoms. The number of hydroxylamine groups is 1. The van der Waals surface area contributed by atoms with Gasteiger partial charge in [-0.05, 0) is 6.42 Å². The first-order valence-electron chi connectivity index (χ1n) is 3.98. The molecule has 4 heteroatoms. The molecular weight excluding hydrogens is 158 g/mol. The van der Waals surface area contributed by atoms with Crippen molar-refractivity contribution in [1.29, 1.82) is 0 Å². The van der Waals surface area contributed by atoms with Gasteiger partial charge in [0.05, 0.1) is 7.11 Å². The second-order valence-corrected chi connectivity index (χ2v) is 3.03. The number of carbonyl (C=O) groups excluding carboxylic acids is 1. The first kappa shape index (κ1) is 7.76. The standard InChI is InChI=1S/C8H11NO3/c1-11-8(10)7-5-3-2-4-6(5)12-9-7/h2,4-7,9H,3H2,1H3/t5-,6+,7+/m0/s1. The second kappa shape index (κ2) is 2.88. The largest absolute Gasteiger partial charge is 0.468 e. The zero-order valence-electron chi connectivity index (χ0n) is 6.82. The van der Waals surface area contributed by atoms with Gasteiger partial charge in [-0.3, -0.25) is 9.63 Å². The van der Waals surface area contributed by atoms with Crippen LogP contribution in [-0.2, 0) is 14.4 Å². The minimum absolute atomic E-state index is 0.0501. The lowest BCUT2D eigenvalue weighted by molar-refractivity contribution is -0.145. The number of hydrogen-bond donors (Lipinski definition) is 1. The minimum Gasteiger partial charge on any atom is -0.468 e. The maximum Gasteiger partial charge on any atom is 0.325 e. The number of allylic oxidation sites excluding steroid dienone is 1. The molecule has 0 amide bonds. The average Bonchev–Trinajstić information content (AvgIpc) is 2.62. The summed E-state index contributed by atoms with van der Waals surface area (Å²) in [5.41, 5.74) is 2.68. The maximum absolute atomic E-state index is 11.2. The molecule has 12 heavy (non-hydrogen) atoms. The molecule has 2 rings (SSSR count). The number of hydrogen-bond acceptors (Lipinski definition) is 4. The summed E-state index contributed by atoms with van der Waals surface area (Å²) >= 11 is 0. The van der Waals surface area contributed by atoms with Crippen molar-refractivity contribution in [3.63, 3.8) is 0 Å². The number of fused-ring (bicyclic) bond motifs is 1. The molecule has 0 unspecified atom stereocenters. The highest BCUT2D eigenvalue weighted by Crippen LogP contribution is 2.29. The zero-order valence-corrected chi connectivity index (χ0v) is 6.82. The Morgan fingerprint density at radius 1 is 1.75 bits per heavy atom. The van der Waals surface area contributed by atoms with Gasteiger partial charge in [-0.25, -0.2) is 0 Å². The molecule has 0 aromatic heterocycles. The summed E-state index contributed by atoms with van der Waals surface area (Å²) in [4.78, 5) is 16.3. The van der Waals surface area contributed by atoms with Gasteiger partial charge in [0, 0.05) is 5.92 Å². The van der Waals surface area contributed by atoms with Crippen LogP contribution >= 0.6 is 0 Å². The molecule has 0 aromatic rings. The van der Waals surface area contributed by atoms with Crippen LogP contribution < -0.4 is 5.48 Å². The highest BCUT2D eigenvalue weighted by atomic mass is 16.7. The summed E-state index contributed by atoms with van der Waals surface area (Å²) in [5.74, 6) is -0.0244. The van der Waals surface area contributed by atoms with Crippen LogP contribution in [0.25, 0.3) is 0 Å². The Kier molecular flexibility index (Phi) is 1.86. The molecule has 1 N–H and O–H groups in total. The molecule has 1 heterocycles. The minimum atomic E-state index is -0.296. The third-order valence-electron chi connectivity index (χ3n) is 2.37. The Labute approximate surface area is 70.5 Å². The Bertz CT molecular complexity index is 226. The van der Waals surface area contributed by atoms with Crippen LogP contribution in [0.4, 0.5) is 0 Å². The van der Waals surface area contributed by atoms with E-state index >= 15 is 0 Å². The van der Waals surface area contributed by atoms with E-state index in [1.165, 1.54) is 7.11 Å². The molecule has 0 aromatic carbocycles. The van der Waals surface area contributed by atoms with Crippen LogP contribution in [-0.4, -0.2) is 25.2 Å². The molecule has 0 saturated carbocycles. The lowest BCUT2D eigenvalue weighted by Crippen LogP contribution is -2.36.